The number of rotatable bonds is 7. The molecule has 0 spiro atoms. The topological polar surface area (TPSA) is 59.4 Å². The monoisotopic (exact) mass is 707 g/mol. The molecule has 3 rings (SSSR count). The van der Waals surface area contributed by atoms with E-state index in [9.17, 15) is 9.90 Å². The van der Waals surface area contributed by atoms with Crippen molar-refractivity contribution in [2.75, 3.05) is 0 Å². The number of hydrogen-bond acceptors (Lipinski definition) is 4. The van der Waals surface area contributed by atoms with Crippen molar-refractivity contribution < 1.29 is 34.7 Å². The Morgan fingerprint density at radius 3 is 2.35 bits per heavy atom. The fourth-order valence-electron chi connectivity index (χ4n) is 2.84. The number of carbonyl (C=O) groups excluding carboxylic acids is 1. The van der Waals surface area contributed by atoms with Crippen molar-refractivity contribution in [1.82, 2.24) is 4.98 Å². The smallest absolute Gasteiger partial charge is 0 e. The maximum Gasteiger partial charge on any atom is 0 e. The number of allylic oxidation sites excluding steroid dienone is 2. The maximum absolute atomic E-state index is 11.8. The van der Waals surface area contributed by atoms with Crippen molar-refractivity contribution in [3.05, 3.63) is 64.4 Å². The summed E-state index contributed by atoms with van der Waals surface area (Å²) in [5.74, 6) is 1.62. The molecule has 187 valence electrons. The van der Waals surface area contributed by atoms with E-state index in [0.717, 1.165) is 29.5 Å². The van der Waals surface area contributed by atoms with Gasteiger partial charge in [-0.15, -0.1) is 0 Å². The standard InChI is InChI=1S/C15H12NOSe.C13H24O2.Ir/c1-10-7-11(2)9-12(8-10)17-15-13-4-6-18-14(13)3-5-16-15;1-7-12(3,4)10(14)9-11(15)13(5,6)8-2;/h3-8H,1-2H3;9,14H,7-8H2,1-6H3;/q-1;;/b;10-9-;. The quantitative estimate of drug-likeness (QED) is 0.121. The molecule has 2 aromatic heterocycles. The van der Waals surface area contributed by atoms with Crippen LogP contribution >= 0.6 is 0 Å². The molecule has 6 heteroatoms. The van der Waals surface area contributed by atoms with Gasteiger partial charge in [0, 0.05) is 37.0 Å². The minimum atomic E-state index is -0.377. The van der Waals surface area contributed by atoms with Crippen LogP contribution < -0.4 is 4.74 Å². The van der Waals surface area contributed by atoms with Gasteiger partial charge in [-0.05, 0) is 12.8 Å². The van der Waals surface area contributed by atoms with Gasteiger partial charge in [0.1, 0.15) is 5.76 Å². The van der Waals surface area contributed by atoms with Gasteiger partial charge in [-0.25, -0.2) is 0 Å². The van der Waals surface area contributed by atoms with Crippen molar-refractivity contribution >= 4 is 29.9 Å². The summed E-state index contributed by atoms with van der Waals surface area (Å²) in [6.45, 7) is 15.7. The van der Waals surface area contributed by atoms with E-state index in [1.54, 1.807) is 0 Å². The number of ketones is 1. The summed E-state index contributed by atoms with van der Waals surface area (Å²) in [5, 5.41) is 11.0. The molecule has 1 N–H and O–H groups in total. The molecule has 1 aromatic carbocycles. The third-order valence-corrected chi connectivity index (χ3v) is 7.92. The minimum absolute atomic E-state index is 0. The van der Waals surface area contributed by atoms with Crippen LogP contribution in [0.3, 0.4) is 0 Å². The largest absolute Gasteiger partial charge is 0 e. The maximum atomic E-state index is 11.8. The van der Waals surface area contributed by atoms with E-state index in [-0.39, 0.29) is 42.5 Å². The zero-order chi connectivity index (χ0) is 24.8. The molecule has 0 saturated heterocycles. The predicted molar refractivity (Wildman–Crippen MR) is 137 cm³/mol. The molecule has 1 radical (unpaired) electrons. The number of nitrogens with zero attached hydrogens (tertiary/aromatic N) is 1. The van der Waals surface area contributed by atoms with E-state index in [1.165, 1.54) is 15.9 Å². The van der Waals surface area contributed by atoms with Gasteiger partial charge in [0.25, 0.3) is 0 Å². The zero-order valence-corrected chi connectivity index (χ0v) is 25.5. The van der Waals surface area contributed by atoms with Crippen LogP contribution in [0.25, 0.3) is 9.65 Å². The van der Waals surface area contributed by atoms with Crippen LogP contribution in [0.4, 0.5) is 0 Å². The van der Waals surface area contributed by atoms with Crippen LogP contribution in [0.1, 0.15) is 65.5 Å². The van der Waals surface area contributed by atoms with E-state index in [1.807, 2.05) is 60.7 Å². The summed E-state index contributed by atoms with van der Waals surface area (Å²) in [5.41, 5.74) is 1.57. The first kappa shape index (κ1) is 30.3. The molecule has 0 bridgehead atoms. The summed E-state index contributed by atoms with van der Waals surface area (Å²) < 4.78 is 7.21. The SMILES string of the molecule is CCC(C)(C)C(=O)/C=C(\O)C(C)(C)CC.Cc1[c-]c(Oc2nccc3[se]ccc23)cc(C)c1.[Ir]. The first-order chi connectivity index (χ1) is 15.4. The average Bonchev–Trinajstić information content (AvgIpc) is 3.23. The Labute approximate surface area is 223 Å². The molecular weight excluding hydrogens is 669 g/mol. The Balaban J connectivity index is 0.000000338. The van der Waals surface area contributed by atoms with Crippen molar-refractivity contribution in [2.24, 2.45) is 10.8 Å². The second kappa shape index (κ2) is 12.8. The van der Waals surface area contributed by atoms with Crippen LogP contribution in [0.15, 0.2) is 47.2 Å². The first-order valence-corrected chi connectivity index (χ1v) is 13.2. The van der Waals surface area contributed by atoms with Gasteiger partial charge in [0.2, 0.25) is 0 Å². The number of benzene rings is 1. The van der Waals surface area contributed by atoms with E-state index in [2.05, 4.69) is 41.1 Å². The molecule has 0 aliphatic heterocycles. The zero-order valence-electron chi connectivity index (χ0n) is 21.4. The molecule has 2 heterocycles. The average molecular weight is 706 g/mol. The summed E-state index contributed by atoms with van der Waals surface area (Å²) in [6.07, 6.45) is 4.80. The molecular formula is C28H36IrNO3Se-. The van der Waals surface area contributed by atoms with Crippen molar-refractivity contribution in [1.29, 1.82) is 0 Å². The molecule has 0 fully saturated rings. The Morgan fingerprint density at radius 1 is 1.12 bits per heavy atom. The molecule has 0 aliphatic rings. The number of aliphatic hydroxyl groups is 1. The molecule has 0 amide bonds. The Morgan fingerprint density at radius 2 is 1.76 bits per heavy atom. The number of ether oxygens (including phenoxy) is 1. The third-order valence-electron chi connectivity index (χ3n) is 6.07. The molecule has 3 aromatic rings. The van der Waals surface area contributed by atoms with Crippen LogP contribution in [-0.2, 0) is 24.9 Å². The van der Waals surface area contributed by atoms with Crippen LogP contribution in [0.5, 0.6) is 11.6 Å². The van der Waals surface area contributed by atoms with E-state index in [4.69, 9.17) is 4.74 Å². The summed E-state index contributed by atoms with van der Waals surface area (Å²) in [4.78, 5) is 18.3. The number of hydrogen-bond donors (Lipinski definition) is 1. The second-order valence-electron chi connectivity index (χ2n) is 9.62. The van der Waals surface area contributed by atoms with Crippen LogP contribution in [0, 0.1) is 30.7 Å². The molecule has 0 atom stereocenters. The molecule has 0 aliphatic carbocycles. The van der Waals surface area contributed by atoms with Crippen LogP contribution in [-0.4, -0.2) is 30.4 Å². The summed E-state index contributed by atoms with van der Waals surface area (Å²) in [7, 11) is 0. The van der Waals surface area contributed by atoms with Gasteiger partial charge in [0.05, 0.1) is 0 Å². The Kier molecular flexibility index (Phi) is 11.4. The molecule has 34 heavy (non-hydrogen) atoms. The van der Waals surface area contributed by atoms with E-state index < -0.39 is 0 Å². The van der Waals surface area contributed by atoms with Gasteiger partial charge in [0.15, 0.2) is 5.78 Å². The number of aliphatic hydroxyl groups excluding tert-OH is 1. The van der Waals surface area contributed by atoms with Gasteiger partial charge < -0.3 is 5.11 Å². The van der Waals surface area contributed by atoms with E-state index >= 15 is 0 Å². The van der Waals surface area contributed by atoms with Gasteiger partial charge in [-0.2, -0.15) is 0 Å². The Bertz CT molecular complexity index is 1110. The molecule has 0 unspecified atom stereocenters. The van der Waals surface area contributed by atoms with Crippen molar-refractivity contribution in [3.8, 4) is 11.6 Å². The number of aryl methyl sites for hydroxylation is 2. The number of fused-ring (bicyclic) bond motifs is 1. The van der Waals surface area contributed by atoms with Crippen molar-refractivity contribution in [2.45, 2.75) is 68.2 Å². The van der Waals surface area contributed by atoms with Gasteiger partial charge >= 0.3 is 112 Å². The van der Waals surface area contributed by atoms with Crippen LogP contribution in [0.2, 0.25) is 0 Å². The van der Waals surface area contributed by atoms with E-state index in [0.29, 0.717) is 20.4 Å². The minimum Gasteiger partial charge on any atom is 0 e. The number of aromatic nitrogens is 1. The third kappa shape index (κ3) is 8.20. The summed E-state index contributed by atoms with van der Waals surface area (Å²) in [6, 6.07) is 11.4. The van der Waals surface area contributed by atoms with Gasteiger partial charge in [-0.3, -0.25) is 4.79 Å². The normalized spacial score (nSPS) is 11.9. The fourth-order valence-corrected chi connectivity index (χ4v) is 4.46. The Hall–Kier alpha value is -1.71. The predicted octanol–water partition coefficient (Wildman–Crippen LogP) is 7.37. The summed E-state index contributed by atoms with van der Waals surface area (Å²) >= 11 is 0.419. The van der Waals surface area contributed by atoms with Gasteiger partial charge in [-0.1, -0.05) is 41.5 Å². The number of pyridine rings is 1. The molecule has 0 saturated carbocycles. The first-order valence-electron chi connectivity index (χ1n) is 11.4. The second-order valence-corrected chi connectivity index (χ2v) is 11.6. The fraction of sp³-hybridized carbons (Fsp3) is 0.429. The number of carbonyl (C=O) groups is 1. The van der Waals surface area contributed by atoms with Crippen molar-refractivity contribution in [3.63, 3.8) is 0 Å². The molecule has 4 nitrogen and oxygen atoms in total.